The number of benzene rings is 1. The molecule has 1 heterocycles. The van der Waals surface area contributed by atoms with Gasteiger partial charge in [-0.05, 0) is 57.6 Å². The predicted octanol–water partition coefficient (Wildman–Crippen LogP) is 2.42. The molecule has 2 aromatic rings. The van der Waals surface area contributed by atoms with Crippen LogP contribution >= 0.6 is 0 Å². The topological polar surface area (TPSA) is 65.4 Å². The number of nitrogens with one attached hydrogen (secondary N) is 1. The molecule has 0 saturated carbocycles. The summed E-state index contributed by atoms with van der Waals surface area (Å²) in [6, 6.07) is 7.64. The van der Waals surface area contributed by atoms with E-state index in [-0.39, 0.29) is 5.97 Å². The monoisotopic (exact) mass is 331 g/mol. The normalized spacial score (nSPS) is 10.7. The van der Waals surface area contributed by atoms with Crippen molar-refractivity contribution in [3.8, 4) is 17.1 Å². The Morgan fingerprint density at radius 3 is 2.58 bits per heavy atom. The molecule has 1 aromatic heterocycles. The number of aromatic nitrogens is 2. The number of aryl methyl sites for hydroxylation is 1. The van der Waals surface area contributed by atoms with Gasteiger partial charge in [0.05, 0.1) is 19.4 Å². The third-order valence-electron chi connectivity index (χ3n) is 3.82. The molecule has 0 fully saturated rings. The molecule has 0 spiro atoms. The van der Waals surface area contributed by atoms with Crippen molar-refractivity contribution < 1.29 is 14.3 Å². The van der Waals surface area contributed by atoms with Crippen LogP contribution in [0.3, 0.4) is 0 Å². The molecule has 0 unspecified atom stereocenters. The maximum absolute atomic E-state index is 12.3. The van der Waals surface area contributed by atoms with Crippen LogP contribution in [0.4, 0.5) is 0 Å². The fourth-order valence-corrected chi connectivity index (χ4v) is 2.61. The lowest BCUT2D eigenvalue weighted by atomic mass is 10.2. The highest BCUT2D eigenvalue weighted by Crippen LogP contribution is 2.25. The summed E-state index contributed by atoms with van der Waals surface area (Å²) in [5, 5.41) is 3.11. The first-order valence-corrected chi connectivity index (χ1v) is 8.14. The zero-order valence-corrected chi connectivity index (χ0v) is 14.8. The van der Waals surface area contributed by atoms with Gasteiger partial charge in [0.1, 0.15) is 11.6 Å². The molecule has 130 valence electrons. The number of carbonyl (C=O) groups is 1. The van der Waals surface area contributed by atoms with Gasteiger partial charge in [0, 0.05) is 12.6 Å². The molecule has 0 saturated heterocycles. The van der Waals surface area contributed by atoms with E-state index in [4.69, 9.17) is 14.5 Å². The second-order valence-electron chi connectivity index (χ2n) is 5.45. The zero-order valence-electron chi connectivity index (χ0n) is 14.8. The maximum atomic E-state index is 12.3. The van der Waals surface area contributed by atoms with Crippen LogP contribution in [0.25, 0.3) is 11.4 Å². The van der Waals surface area contributed by atoms with E-state index in [1.54, 1.807) is 14.0 Å². The second-order valence-corrected chi connectivity index (χ2v) is 5.45. The molecule has 0 aliphatic heterocycles. The Balaban J connectivity index is 2.40. The molecule has 6 heteroatoms. The van der Waals surface area contributed by atoms with Crippen LogP contribution in [0.15, 0.2) is 24.3 Å². The van der Waals surface area contributed by atoms with E-state index in [1.165, 1.54) is 0 Å². The molecule has 0 amide bonds. The highest BCUT2D eigenvalue weighted by molar-refractivity contribution is 5.90. The molecule has 24 heavy (non-hydrogen) atoms. The van der Waals surface area contributed by atoms with Gasteiger partial charge in [-0.15, -0.1) is 0 Å². The average Bonchev–Trinajstić information content (AvgIpc) is 2.92. The first-order valence-electron chi connectivity index (χ1n) is 8.14. The highest BCUT2D eigenvalue weighted by Gasteiger charge is 2.22. The van der Waals surface area contributed by atoms with Crippen LogP contribution in [0.2, 0.25) is 0 Å². The number of ether oxygens (including phenoxy) is 2. The Morgan fingerprint density at radius 1 is 1.29 bits per heavy atom. The minimum absolute atomic E-state index is 0.327. The van der Waals surface area contributed by atoms with E-state index in [0.717, 1.165) is 42.2 Å². The average molecular weight is 331 g/mol. The van der Waals surface area contributed by atoms with Gasteiger partial charge in [0.15, 0.2) is 5.69 Å². The summed E-state index contributed by atoms with van der Waals surface area (Å²) in [6.07, 6.45) is 1.63. The molecule has 0 atom stereocenters. The molecule has 6 nitrogen and oxygen atoms in total. The van der Waals surface area contributed by atoms with Crippen molar-refractivity contribution in [2.45, 2.75) is 19.8 Å². The van der Waals surface area contributed by atoms with Gasteiger partial charge < -0.3 is 19.4 Å². The summed E-state index contributed by atoms with van der Waals surface area (Å²) in [6.45, 7) is 3.02. The first-order chi connectivity index (χ1) is 11.6. The van der Waals surface area contributed by atoms with Crippen molar-refractivity contribution in [2.75, 3.05) is 27.3 Å². The van der Waals surface area contributed by atoms with Crippen molar-refractivity contribution in [1.82, 2.24) is 14.9 Å². The zero-order chi connectivity index (χ0) is 17.5. The molecular weight excluding hydrogens is 306 g/mol. The summed E-state index contributed by atoms with van der Waals surface area (Å²) in [5.74, 6) is 1.21. The third-order valence-corrected chi connectivity index (χ3v) is 3.82. The lowest BCUT2D eigenvalue weighted by molar-refractivity contribution is 0.0514. The Bertz CT molecular complexity index is 678. The highest BCUT2D eigenvalue weighted by atomic mass is 16.5. The summed E-state index contributed by atoms with van der Waals surface area (Å²) < 4.78 is 12.2. The summed E-state index contributed by atoms with van der Waals surface area (Å²) >= 11 is 0. The predicted molar refractivity (Wildman–Crippen MR) is 93.4 cm³/mol. The van der Waals surface area contributed by atoms with E-state index in [1.807, 2.05) is 42.9 Å². The lowest BCUT2D eigenvalue weighted by Gasteiger charge is -2.07. The van der Waals surface area contributed by atoms with Crippen molar-refractivity contribution in [3.05, 3.63) is 35.7 Å². The van der Waals surface area contributed by atoms with Gasteiger partial charge in [0.25, 0.3) is 0 Å². The molecule has 2 rings (SSSR count). The van der Waals surface area contributed by atoms with Gasteiger partial charge in [-0.2, -0.15) is 0 Å². The Morgan fingerprint density at radius 2 is 2.00 bits per heavy atom. The van der Waals surface area contributed by atoms with Crippen molar-refractivity contribution in [1.29, 1.82) is 0 Å². The van der Waals surface area contributed by atoms with Gasteiger partial charge in [-0.3, -0.25) is 0 Å². The number of hydrogen-bond acceptors (Lipinski definition) is 5. The van der Waals surface area contributed by atoms with Gasteiger partial charge in [-0.25, -0.2) is 9.78 Å². The first kappa shape index (κ1) is 18.0. The summed E-state index contributed by atoms with van der Waals surface area (Å²) in [7, 11) is 5.39. The standard InChI is InChI=1S/C18H25N3O3/c1-5-24-18(22)16-15(7-6-12-19-2)20-17(21(16)3)13-8-10-14(23-4)11-9-13/h8-11,19H,5-7,12H2,1-4H3. The fraction of sp³-hybridized carbons (Fsp3) is 0.444. The van der Waals surface area contributed by atoms with Gasteiger partial charge >= 0.3 is 5.97 Å². The quantitative estimate of drug-likeness (QED) is 0.594. The summed E-state index contributed by atoms with van der Waals surface area (Å²) in [5.41, 5.74) is 2.24. The Labute approximate surface area is 142 Å². The molecule has 0 radical (unpaired) electrons. The number of imidazole rings is 1. The molecule has 0 aliphatic rings. The lowest BCUT2D eigenvalue weighted by Crippen LogP contribution is -2.14. The largest absolute Gasteiger partial charge is 0.497 e. The molecular formula is C18H25N3O3. The van der Waals surface area contributed by atoms with Crippen LogP contribution in [-0.2, 0) is 18.2 Å². The van der Waals surface area contributed by atoms with E-state index in [9.17, 15) is 4.79 Å². The van der Waals surface area contributed by atoms with E-state index in [0.29, 0.717) is 12.3 Å². The van der Waals surface area contributed by atoms with E-state index < -0.39 is 0 Å². The van der Waals surface area contributed by atoms with Gasteiger partial charge in [0.2, 0.25) is 0 Å². The van der Waals surface area contributed by atoms with Crippen LogP contribution < -0.4 is 10.1 Å². The number of methoxy groups -OCH3 is 1. The number of hydrogen-bond donors (Lipinski definition) is 1. The van der Waals surface area contributed by atoms with Crippen LogP contribution in [0.5, 0.6) is 5.75 Å². The van der Waals surface area contributed by atoms with Crippen molar-refractivity contribution in [2.24, 2.45) is 7.05 Å². The Hall–Kier alpha value is -2.34. The SMILES string of the molecule is CCOC(=O)c1c(CCCNC)nc(-c2ccc(OC)cc2)n1C. The van der Waals surface area contributed by atoms with E-state index >= 15 is 0 Å². The van der Waals surface area contributed by atoms with Gasteiger partial charge in [-0.1, -0.05) is 0 Å². The summed E-state index contributed by atoms with van der Waals surface area (Å²) in [4.78, 5) is 17.0. The van der Waals surface area contributed by atoms with Crippen LogP contribution in [0.1, 0.15) is 29.5 Å². The number of nitrogens with zero attached hydrogens (tertiary/aromatic N) is 2. The maximum Gasteiger partial charge on any atom is 0.356 e. The van der Waals surface area contributed by atoms with Crippen LogP contribution in [0, 0.1) is 0 Å². The molecule has 0 aliphatic carbocycles. The van der Waals surface area contributed by atoms with Crippen molar-refractivity contribution in [3.63, 3.8) is 0 Å². The molecule has 0 bridgehead atoms. The second kappa shape index (κ2) is 8.49. The minimum Gasteiger partial charge on any atom is -0.497 e. The number of carbonyl (C=O) groups excluding carboxylic acids is 1. The smallest absolute Gasteiger partial charge is 0.356 e. The van der Waals surface area contributed by atoms with Crippen LogP contribution in [-0.4, -0.2) is 42.8 Å². The Kier molecular flexibility index (Phi) is 6.37. The number of esters is 1. The van der Waals surface area contributed by atoms with E-state index in [2.05, 4.69) is 5.32 Å². The minimum atomic E-state index is -0.327. The fourth-order valence-electron chi connectivity index (χ4n) is 2.61. The number of rotatable bonds is 8. The van der Waals surface area contributed by atoms with Crippen molar-refractivity contribution >= 4 is 5.97 Å². The third kappa shape index (κ3) is 3.94. The molecule has 1 aromatic carbocycles. The molecule has 1 N–H and O–H groups in total.